The summed E-state index contributed by atoms with van der Waals surface area (Å²) in [5, 5.41) is 0. The summed E-state index contributed by atoms with van der Waals surface area (Å²) >= 11 is 0. The van der Waals surface area contributed by atoms with Gasteiger partial charge in [0, 0.05) is 19.3 Å². The third-order valence-electron chi connectivity index (χ3n) is 9.71. The van der Waals surface area contributed by atoms with Crippen LogP contribution in [0, 0.1) is 0 Å². The lowest BCUT2D eigenvalue weighted by Gasteiger charge is -2.18. The third-order valence-corrected chi connectivity index (χ3v) is 9.71. The largest absolute Gasteiger partial charge is 0.462 e. The zero-order valence-corrected chi connectivity index (χ0v) is 40.9. The van der Waals surface area contributed by atoms with Crippen molar-refractivity contribution in [3.8, 4) is 0 Å². The monoisotopic (exact) mass is 893 g/mol. The number of esters is 3. The molecule has 0 fully saturated rings. The average Bonchev–Trinajstić information content (AvgIpc) is 3.30. The predicted octanol–water partition coefficient (Wildman–Crippen LogP) is 16.6. The first-order valence-corrected chi connectivity index (χ1v) is 25.1. The van der Waals surface area contributed by atoms with Crippen LogP contribution in [0.3, 0.4) is 0 Å². The van der Waals surface area contributed by atoms with Crippen molar-refractivity contribution in [3.63, 3.8) is 0 Å². The molecule has 0 saturated heterocycles. The Bertz CT molecular complexity index is 1540. The third kappa shape index (κ3) is 49.9. The van der Waals surface area contributed by atoms with Crippen LogP contribution in [0.5, 0.6) is 0 Å². The lowest BCUT2D eigenvalue weighted by Crippen LogP contribution is -2.30. The topological polar surface area (TPSA) is 78.9 Å². The summed E-state index contributed by atoms with van der Waals surface area (Å²) in [7, 11) is 0. The highest BCUT2D eigenvalue weighted by Gasteiger charge is 2.19. The van der Waals surface area contributed by atoms with E-state index in [-0.39, 0.29) is 38.0 Å². The quantitative estimate of drug-likeness (QED) is 0.0200. The minimum Gasteiger partial charge on any atom is -0.462 e. The molecule has 1 unspecified atom stereocenters. The smallest absolute Gasteiger partial charge is 0.306 e. The molecule has 0 heterocycles. The van der Waals surface area contributed by atoms with Crippen LogP contribution in [0.15, 0.2) is 158 Å². The highest BCUT2D eigenvalue weighted by atomic mass is 16.6. The first kappa shape index (κ1) is 60.0. The van der Waals surface area contributed by atoms with Gasteiger partial charge >= 0.3 is 17.9 Å². The highest BCUT2D eigenvalue weighted by molar-refractivity contribution is 5.71. The van der Waals surface area contributed by atoms with Crippen molar-refractivity contribution in [1.82, 2.24) is 0 Å². The second kappa shape index (κ2) is 51.7. The molecule has 0 radical (unpaired) electrons. The maximum atomic E-state index is 12.8. The van der Waals surface area contributed by atoms with Gasteiger partial charge in [0.2, 0.25) is 0 Å². The lowest BCUT2D eigenvalue weighted by molar-refractivity contribution is -0.166. The minimum absolute atomic E-state index is 0.135. The Balaban J connectivity index is 4.65. The van der Waals surface area contributed by atoms with E-state index >= 15 is 0 Å². The summed E-state index contributed by atoms with van der Waals surface area (Å²) in [6, 6.07) is 0. The molecule has 0 bridgehead atoms. The van der Waals surface area contributed by atoms with Crippen molar-refractivity contribution in [2.24, 2.45) is 0 Å². The van der Waals surface area contributed by atoms with E-state index in [2.05, 4.69) is 93.7 Å². The second-order valence-corrected chi connectivity index (χ2v) is 15.8. The van der Waals surface area contributed by atoms with E-state index in [1.807, 2.05) is 85.1 Å². The second-order valence-electron chi connectivity index (χ2n) is 15.8. The molecule has 0 aromatic carbocycles. The van der Waals surface area contributed by atoms with Gasteiger partial charge in [-0.3, -0.25) is 14.4 Å². The van der Waals surface area contributed by atoms with Crippen LogP contribution in [0.2, 0.25) is 0 Å². The summed E-state index contributed by atoms with van der Waals surface area (Å²) in [4.78, 5) is 37.9. The fraction of sp³-hybridized carbons (Fsp3) is 0.508. The van der Waals surface area contributed by atoms with E-state index in [0.717, 1.165) is 89.9 Å². The van der Waals surface area contributed by atoms with E-state index in [0.29, 0.717) is 19.3 Å². The Morgan fingerprint density at radius 1 is 0.338 bits per heavy atom. The molecule has 0 aromatic rings. The molecule has 0 aliphatic carbocycles. The van der Waals surface area contributed by atoms with Crippen LogP contribution in [-0.2, 0) is 28.6 Å². The van der Waals surface area contributed by atoms with Crippen molar-refractivity contribution in [3.05, 3.63) is 158 Å². The average molecular weight is 893 g/mol. The highest BCUT2D eigenvalue weighted by Crippen LogP contribution is 2.11. The number of unbranched alkanes of at least 4 members (excludes halogenated alkanes) is 11. The zero-order valence-electron chi connectivity index (χ0n) is 40.9. The van der Waals surface area contributed by atoms with Crippen LogP contribution in [0.4, 0.5) is 0 Å². The first-order chi connectivity index (χ1) is 32.0. The molecule has 0 aliphatic rings. The minimum atomic E-state index is -0.847. The standard InChI is InChI=1S/C59H88O6/c1-4-7-10-13-16-19-22-25-27-29-30-31-33-34-37-40-43-46-49-52-58(61)64-55-56(54-63-57(60)51-48-45-42-39-36-24-21-18-15-12-9-6-3)65-59(62)53-50-47-44-41-38-35-32-28-26-23-20-17-14-11-8-5-2/h7-8,10-11,13,16-22,25-31,33-35,37-38,44,47,56H,4-6,9,12,14-15,23-24,32,36,39-43,45-46,48-55H2,1-3H3/b10-7-,11-8-,16-13-,20-17-,21-18-,22-19-,27-25-,28-26-,30-29+,33-31-,37-34-,38-35-,47-44-. The van der Waals surface area contributed by atoms with E-state index in [1.165, 1.54) is 32.1 Å². The molecule has 6 nitrogen and oxygen atoms in total. The van der Waals surface area contributed by atoms with E-state index < -0.39 is 12.1 Å². The molecule has 0 saturated carbocycles. The molecule has 6 heteroatoms. The van der Waals surface area contributed by atoms with Gasteiger partial charge in [-0.05, 0) is 96.3 Å². The SMILES string of the molecule is CC\C=C/C=C\C=C/C=C\C=C\C=C/C=C\CCCCCC(=O)OCC(COC(=O)CCCCCCC/C=C\CCCCC)OC(=O)CC/C=C\C/C=C\C/C=C\C/C=C\C/C=C\CC. The van der Waals surface area contributed by atoms with Gasteiger partial charge in [-0.1, -0.05) is 217 Å². The number of hydrogen-bond acceptors (Lipinski definition) is 6. The Hall–Kier alpha value is -4.97. The Labute approximate surface area is 397 Å². The van der Waals surface area contributed by atoms with Gasteiger partial charge in [0.05, 0.1) is 0 Å². The van der Waals surface area contributed by atoms with Crippen LogP contribution < -0.4 is 0 Å². The zero-order chi connectivity index (χ0) is 47.2. The van der Waals surface area contributed by atoms with Gasteiger partial charge in [0.25, 0.3) is 0 Å². The van der Waals surface area contributed by atoms with Gasteiger partial charge in [-0.15, -0.1) is 0 Å². The fourth-order valence-electron chi connectivity index (χ4n) is 6.00. The summed E-state index contributed by atoms with van der Waals surface area (Å²) in [5.41, 5.74) is 0. The summed E-state index contributed by atoms with van der Waals surface area (Å²) in [6.45, 7) is 6.21. The van der Waals surface area contributed by atoms with Crippen LogP contribution in [0.1, 0.15) is 175 Å². The van der Waals surface area contributed by atoms with Crippen molar-refractivity contribution in [2.75, 3.05) is 13.2 Å². The molecule has 0 amide bonds. The molecule has 65 heavy (non-hydrogen) atoms. The fourth-order valence-corrected chi connectivity index (χ4v) is 6.00. The molecule has 0 N–H and O–H groups in total. The number of allylic oxidation sites excluding steroid dienone is 26. The first-order valence-electron chi connectivity index (χ1n) is 25.1. The van der Waals surface area contributed by atoms with Gasteiger partial charge in [-0.2, -0.15) is 0 Å². The van der Waals surface area contributed by atoms with Crippen molar-refractivity contribution in [1.29, 1.82) is 0 Å². The number of rotatable bonds is 42. The maximum absolute atomic E-state index is 12.8. The van der Waals surface area contributed by atoms with Crippen molar-refractivity contribution < 1.29 is 28.6 Å². The molecular weight excluding hydrogens is 805 g/mol. The van der Waals surface area contributed by atoms with E-state index in [9.17, 15) is 14.4 Å². The maximum Gasteiger partial charge on any atom is 0.306 e. The Kier molecular flexibility index (Phi) is 47.7. The molecule has 360 valence electrons. The number of hydrogen-bond donors (Lipinski definition) is 0. The summed E-state index contributed by atoms with van der Waals surface area (Å²) in [6.07, 6.45) is 75.2. The predicted molar refractivity (Wildman–Crippen MR) is 278 cm³/mol. The van der Waals surface area contributed by atoms with E-state index in [1.54, 1.807) is 0 Å². The van der Waals surface area contributed by atoms with Gasteiger partial charge in [-0.25, -0.2) is 0 Å². The van der Waals surface area contributed by atoms with Crippen LogP contribution in [-0.4, -0.2) is 37.2 Å². The molecule has 1 atom stereocenters. The van der Waals surface area contributed by atoms with Gasteiger partial charge < -0.3 is 14.2 Å². The lowest BCUT2D eigenvalue weighted by atomic mass is 10.1. The van der Waals surface area contributed by atoms with Crippen molar-refractivity contribution in [2.45, 2.75) is 181 Å². The molecule has 0 aliphatic heterocycles. The Morgan fingerprint density at radius 2 is 0.708 bits per heavy atom. The molecular formula is C59H88O6. The number of ether oxygens (including phenoxy) is 3. The van der Waals surface area contributed by atoms with E-state index in [4.69, 9.17) is 14.2 Å². The summed E-state index contributed by atoms with van der Waals surface area (Å²) < 4.78 is 16.7. The number of carbonyl (C=O) groups is 3. The normalized spacial score (nSPS) is 13.5. The summed E-state index contributed by atoms with van der Waals surface area (Å²) in [5.74, 6) is -1.09. The number of carbonyl (C=O) groups excluding carboxylic acids is 3. The van der Waals surface area contributed by atoms with Crippen molar-refractivity contribution >= 4 is 17.9 Å². The molecule has 0 spiro atoms. The van der Waals surface area contributed by atoms with Crippen LogP contribution in [0.25, 0.3) is 0 Å². The van der Waals surface area contributed by atoms with Gasteiger partial charge in [0.15, 0.2) is 6.10 Å². The molecule has 0 rings (SSSR count). The molecule has 0 aromatic heterocycles. The Morgan fingerprint density at radius 3 is 1.20 bits per heavy atom. The van der Waals surface area contributed by atoms with Crippen LogP contribution >= 0.6 is 0 Å². The van der Waals surface area contributed by atoms with Gasteiger partial charge in [0.1, 0.15) is 13.2 Å².